The van der Waals surface area contributed by atoms with Gasteiger partial charge in [0.25, 0.3) is 0 Å². The Morgan fingerprint density at radius 2 is 2.21 bits per heavy atom. The number of fused-ring (bicyclic) bond motifs is 1. The monoisotopic (exact) mass is 211 g/mol. The van der Waals surface area contributed by atoms with Gasteiger partial charge in [-0.05, 0) is 17.7 Å². The van der Waals surface area contributed by atoms with Crippen LogP contribution in [0.4, 0.5) is 0 Å². The minimum Gasteiger partial charge on any atom is -0.444 e. The van der Waals surface area contributed by atoms with Crippen LogP contribution in [0.2, 0.25) is 5.22 Å². The van der Waals surface area contributed by atoms with E-state index in [0.29, 0.717) is 11.8 Å². The molecule has 0 saturated carbocycles. The Kier molecular flexibility index (Phi) is 2.72. The molecule has 0 aliphatic rings. The summed E-state index contributed by atoms with van der Waals surface area (Å²) in [5, 5.41) is 1.43. The normalized spacial score (nSPS) is 11.0. The van der Waals surface area contributed by atoms with Crippen LogP contribution in [0.25, 0.3) is 11.0 Å². The van der Waals surface area contributed by atoms with Crippen LogP contribution in [-0.2, 0) is 11.4 Å². The number of halogens is 1. The van der Waals surface area contributed by atoms with E-state index in [1.54, 1.807) is 7.11 Å². The zero-order valence-corrected chi connectivity index (χ0v) is 8.47. The second kappa shape index (κ2) is 4.00. The molecule has 4 heteroatoms. The largest absolute Gasteiger partial charge is 0.444 e. The molecule has 0 spiro atoms. The first kappa shape index (κ1) is 9.52. The maximum atomic E-state index is 5.94. The van der Waals surface area contributed by atoms with Crippen LogP contribution in [0, 0.1) is 0 Å². The van der Waals surface area contributed by atoms with Crippen molar-refractivity contribution in [1.29, 1.82) is 0 Å². The molecule has 0 bridgehead atoms. The van der Waals surface area contributed by atoms with Gasteiger partial charge in [0.2, 0.25) is 0 Å². The Morgan fingerprint density at radius 1 is 1.43 bits per heavy atom. The standard InChI is InChI=1S/C10H10ClNO2/c1-13-12-6-8-7-4-2-3-5-9(7)14-10(8)11/h2-5,12H,6H2,1H3. The summed E-state index contributed by atoms with van der Waals surface area (Å²) in [5.74, 6) is 0. The Labute approximate surface area is 86.6 Å². The lowest BCUT2D eigenvalue weighted by atomic mass is 10.2. The topological polar surface area (TPSA) is 34.4 Å². The molecule has 0 aliphatic heterocycles. The van der Waals surface area contributed by atoms with Crippen LogP contribution in [0.5, 0.6) is 0 Å². The van der Waals surface area contributed by atoms with Gasteiger partial charge in [-0.15, -0.1) is 0 Å². The van der Waals surface area contributed by atoms with Gasteiger partial charge in [0.15, 0.2) is 5.22 Å². The molecule has 2 rings (SSSR count). The number of hydrogen-bond donors (Lipinski definition) is 1. The fourth-order valence-electron chi connectivity index (χ4n) is 1.38. The van der Waals surface area contributed by atoms with Crippen LogP contribution >= 0.6 is 11.6 Å². The lowest BCUT2D eigenvalue weighted by molar-refractivity contribution is 0.0868. The molecule has 0 aliphatic carbocycles. The third-order valence-corrected chi connectivity index (χ3v) is 2.35. The summed E-state index contributed by atoms with van der Waals surface area (Å²) >= 11 is 5.94. The van der Waals surface area contributed by atoms with Gasteiger partial charge in [0.1, 0.15) is 5.58 Å². The zero-order valence-electron chi connectivity index (χ0n) is 7.71. The summed E-state index contributed by atoms with van der Waals surface area (Å²) in [6.45, 7) is 0.534. The third-order valence-electron chi connectivity index (χ3n) is 2.04. The van der Waals surface area contributed by atoms with E-state index < -0.39 is 0 Å². The van der Waals surface area contributed by atoms with Gasteiger partial charge in [-0.1, -0.05) is 18.2 Å². The van der Waals surface area contributed by atoms with E-state index in [4.69, 9.17) is 20.9 Å². The minimum absolute atomic E-state index is 0.413. The Morgan fingerprint density at radius 3 is 3.00 bits per heavy atom. The van der Waals surface area contributed by atoms with E-state index in [-0.39, 0.29) is 0 Å². The van der Waals surface area contributed by atoms with Gasteiger partial charge in [-0.25, -0.2) is 0 Å². The van der Waals surface area contributed by atoms with E-state index in [0.717, 1.165) is 16.5 Å². The van der Waals surface area contributed by atoms with Gasteiger partial charge < -0.3 is 9.25 Å². The summed E-state index contributed by atoms with van der Waals surface area (Å²) in [6, 6.07) is 7.72. The van der Waals surface area contributed by atoms with E-state index in [9.17, 15) is 0 Å². The van der Waals surface area contributed by atoms with Crippen molar-refractivity contribution >= 4 is 22.6 Å². The van der Waals surface area contributed by atoms with Crippen molar-refractivity contribution in [1.82, 2.24) is 5.48 Å². The van der Waals surface area contributed by atoms with E-state index in [1.165, 1.54) is 0 Å². The second-order valence-corrected chi connectivity index (χ2v) is 3.22. The third kappa shape index (κ3) is 1.62. The first-order valence-corrected chi connectivity index (χ1v) is 4.62. The van der Waals surface area contributed by atoms with Crippen LogP contribution < -0.4 is 5.48 Å². The first-order valence-electron chi connectivity index (χ1n) is 4.24. The van der Waals surface area contributed by atoms with Crippen molar-refractivity contribution in [3.8, 4) is 0 Å². The Bertz CT molecular complexity index is 439. The minimum atomic E-state index is 0.413. The van der Waals surface area contributed by atoms with Gasteiger partial charge in [-0.3, -0.25) is 0 Å². The van der Waals surface area contributed by atoms with Crippen molar-refractivity contribution in [2.45, 2.75) is 6.54 Å². The zero-order chi connectivity index (χ0) is 9.97. The average molecular weight is 212 g/mol. The molecule has 1 N–H and O–H groups in total. The fourth-order valence-corrected chi connectivity index (χ4v) is 1.63. The smallest absolute Gasteiger partial charge is 0.199 e. The number of para-hydroxylation sites is 1. The predicted octanol–water partition coefficient (Wildman–Crippen LogP) is 2.74. The highest BCUT2D eigenvalue weighted by molar-refractivity contribution is 6.30. The summed E-state index contributed by atoms with van der Waals surface area (Å²) < 4.78 is 5.37. The number of hydroxylamine groups is 1. The molecule has 14 heavy (non-hydrogen) atoms. The fraction of sp³-hybridized carbons (Fsp3) is 0.200. The van der Waals surface area contributed by atoms with Crippen LogP contribution in [0.3, 0.4) is 0 Å². The number of rotatable bonds is 3. The average Bonchev–Trinajstić information content (AvgIpc) is 2.51. The molecule has 1 aromatic heterocycles. The Balaban J connectivity index is 2.45. The molecule has 3 nitrogen and oxygen atoms in total. The number of hydrogen-bond acceptors (Lipinski definition) is 3. The molecular formula is C10H10ClNO2. The molecule has 0 saturated heterocycles. The van der Waals surface area contributed by atoms with Gasteiger partial charge >= 0.3 is 0 Å². The van der Waals surface area contributed by atoms with Crippen LogP contribution in [0.1, 0.15) is 5.56 Å². The second-order valence-electron chi connectivity index (χ2n) is 2.88. The van der Waals surface area contributed by atoms with E-state index in [2.05, 4.69) is 5.48 Å². The summed E-state index contributed by atoms with van der Waals surface area (Å²) in [6.07, 6.45) is 0. The predicted molar refractivity (Wildman–Crippen MR) is 55.1 cm³/mol. The highest BCUT2D eigenvalue weighted by Gasteiger charge is 2.10. The molecule has 0 fully saturated rings. The summed E-state index contributed by atoms with van der Waals surface area (Å²) in [4.78, 5) is 4.77. The molecule has 1 heterocycles. The number of nitrogens with one attached hydrogen (secondary N) is 1. The van der Waals surface area contributed by atoms with Gasteiger partial charge in [0.05, 0.1) is 13.7 Å². The van der Waals surface area contributed by atoms with Crippen LogP contribution in [0.15, 0.2) is 28.7 Å². The van der Waals surface area contributed by atoms with Crippen molar-refractivity contribution < 1.29 is 9.25 Å². The highest BCUT2D eigenvalue weighted by Crippen LogP contribution is 2.29. The van der Waals surface area contributed by atoms with E-state index >= 15 is 0 Å². The summed E-state index contributed by atoms with van der Waals surface area (Å²) in [5.41, 5.74) is 4.46. The quantitative estimate of drug-likeness (QED) is 0.793. The van der Waals surface area contributed by atoms with E-state index in [1.807, 2.05) is 24.3 Å². The molecule has 1 aromatic carbocycles. The number of furan rings is 1. The van der Waals surface area contributed by atoms with Gasteiger partial charge in [0, 0.05) is 10.9 Å². The Hall–Kier alpha value is -1.03. The maximum Gasteiger partial charge on any atom is 0.199 e. The highest BCUT2D eigenvalue weighted by atomic mass is 35.5. The lowest BCUT2D eigenvalue weighted by Gasteiger charge is -1.99. The molecule has 2 aromatic rings. The maximum absolute atomic E-state index is 5.94. The molecule has 0 unspecified atom stereocenters. The van der Waals surface area contributed by atoms with Crippen molar-refractivity contribution in [2.75, 3.05) is 7.11 Å². The van der Waals surface area contributed by atoms with Crippen molar-refractivity contribution in [2.24, 2.45) is 0 Å². The van der Waals surface area contributed by atoms with Crippen molar-refractivity contribution in [3.05, 3.63) is 35.0 Å². The summed E-state index contributed by atoms with van der Waals surface area (Å²) in [7, 11) is 1.57. The molecule has 0 radical (unpaired) electrons. The molecule has 74 valence electrons. The molecule has 0 amide bonds. The number of benzene rings is 1. The van der Waals surface area contributed by atoms with Crippen molar-refractivity contribution in [3.63, 3.8) is 0 Å². The molecular weight excluding hydrogens is 202 g/mol. The lowest BCUT2D eigenvalue weighted by Crippen LogP contribution is -2.10. The van der Waals surface area contributed by atoms with Crippen LogP contribution in [-0.4, -0.2) is 7.11 Å². The van der Waals surface area contributed by atoms with Gasteiger partial charge in [-0.2, -0.15) is 5.48 Å². The molecule has 0 atom stereocenters. The first-order chi connectivity index (χ1) is 6.83. The SMILES string of the molecule is CONCc1c(Cl)oc2ccccc12.